The maximum Gasteiger partial charge on any atom is 0.262 e. The van der Waals surface area contributed by atoms with Gasteiger partial charge in [0.05, 0.1) is 7.11 Å². The van der Waals surface area contributed by atoms with Gasteiger partial charge in [0, 0.05) is 16.3 Å². The highest BCUT2D eigenvalue weighted by Crippen LogP contribution is 2.28. The van der Waals surface area contributed by atoms with Crippen LogP contribution in [0.3, 0.4) is 0 Å². The third-order valence-electron chi connectivity index (χ3n) is 3.47. The van der Waals surface area contributed by atoms with Gasteiger partial charge in [-0.3, -0.25) is 9.59 Å². The van der Waals surface area contributed by atoms with Crippen LogP contribution in [0.2, 0.25) is 5.02 Å². The molecule has 2 aromatic rings. The van der Waals surface area contributed by atoms with Crippen LogP contribution in [0, 0.1) is 6.92 Å². The molecule has 1 N–H and O–H groups in total. The van der Waals surface area contributed by atoms with E-state index in [-0.39, 0.29) is 18.3 Å². The average Bonchev–Trinajstić information content (AvgIpc) is 2.56. The number of methoxy groups -OCH3 is 1. The third-order valence-corrected chi connectivity index (χ3v) is 3.88. The number of rotatable bonds is 6. The highest BCUT2D eigenvalue weighted by molar-refractivity contribution is 6.31. The number of halogens is 1. The monoisotopic (exact) mass is 347 g/mol. The normalized spacial score (nSPS) is 10.2. The maximum atomic E-state index is 12.0. The Kier molecular flexibility index (Phi) is 5.82. The Bertz CT molecular complexity index is 774. The van der Waals surface area contributed by atoms with Crippen LogP contribution in [-0.2, 0) is 4.79 Å². The fourth-order valence-corrected chi connectivity index (χ4v) is 2.25. The summed E-state index contributed by atoms with van der Waals surface area (Å²) in [6, 6.07) is 10.1. The minimum absolute atomic E-state index is 0.0750. The standard InChI is InChI=1S/C18H18ClNO4/c1-11-14(19)5-4-6-15(11)20-18(22)10-24-16-8-7-13(12(2)21)9-17(16)23-3/h4-9H,10H2,1-3H3,(H,20,22). The van der Waals surface area contributed by atoms with Gasteiger partial charge in [-0.25, -0.2) is 0 Å². The number of hydrogen-bond donors (Lipinski definition) is 1. The molecule has 0 unspecified atom stereocenters. The molecule has 0 aliphatic heterocycles. The summed E-state index contributed by atoms with van der Waals surface area (Å²) in [7, 11) is 1.47. The van der Waals surface area contributed by atoms with E-state index in [1.165, 1.54) is 14.0 Å². The van der Waals surface area contributed by atoms with Crippen LogP contribution < -0.4 is 14.8 Å². The SMILES string of the molecule is COc1cc(C(C)=O)ccc1OCC(=O)Nc1cccc(Cl)c1C. The summed E-state index contributed by atoms with van der Waals surface area (Å²) in [6.07, 6.45) is 0. The van der Waals surface area contributed by atoms with Gasteiger partial charge in [0.15, 0.2) is 23.9 Å². The first-order valence-electron chi connectivity index (χ1n) is 7.29. The second kappa shape index (κ2) is 7.84. The molecule has 0 saturated heterocycles. The number of nitrogens with one attached hydrogen (secondary N) is 1. The smallest absolute Gasteiger partial charge is 0.262 e. The molecule has 126 valence electrons. The second-order valence-corrected chi connectivity index (χ2v) is 5.58. The Balaban J connectivity index is 2.04. The molecule has 0 aliphatic rings. The van der Waals surface area contributed by atoms with E-state index in [2.05, 4.69) is 5.32 Å². The number of carbonyl (C=O) groups excluding carboxylic acids is 2. The van der Waals surface area contributed by atoms with E-state index in [4.69, 9.17) is 21.1 Å². The topological polar surface area (TPSA) is 64.6 Å². The number of hydrogen-bond acceptors (Lipinski definition) is 4. The van der Waals surface area contributed by atoms with E-state index in [1.54, 1.807) is 36.4 Å². The molecule has 0 fully saturated rings. The molecule has 0 spiro atoms. The highest BCUT2D eigenvalue weighted by atomic mass is 35.5. The van der Waals surface area contributed by atoms with Gasteiger partial charge in [-0.05, 0) is 49.7 Å². The number of ketones is 1. The van der Waals surface area contributed by atoms with Crippen LogP contribution in [0.15, 0.2) is 36.4 Å². The Hall–Kier alpha value is -2.53. The quantitative estimate of drug-likeness (QED) is 0.805. The van der Waals surface area contributed by atoms with Gasteiger partial charge in [-0.2, -0.15) is 0 Å². The Morgan fingerprint density at radius 3 is 2.58 bits per heavy atom. The van der Waals surface area contributed by atoms with Gasteiger partial charge < -0.3 is 14.8 Å². The molecular formula is C18H18ClNO4. The highest BCUT2D eigenvalue weighted by Gasteiger charge is 2.11. The van der Waals surface area contributed by atoms with Crippen LogP contribution in [0.5, 0.6) is 11.5 Å². The lowest BCUT2D eigenvalue weighted by atomic mass is 10.1. The molecule has 5 nitrogen and oxygen atoms in total. The van der Waals surface area contributed by atoms with E-state index in [0.717, 1.165) is 5.56 Å². The minimum atomic E-state index is -0.321. The summed E-state index contributed by atoms with van der Waals surface area (Å²) in [5, 5.41) is 3.32. The van der Waals surface area contributed by atoms with Crippen molar-refractivity contribution in [2.75, 3.05) is 19.0 Å². The molecule has 6 heteroatoms. The van der Waals surface area contributed by atoms with Crippen LogP contribution in [0.1, 0.15) is 22.8 Å². The Labute approximate surface area is 145 Å². The second-order valence-electron chi connectivity index (χ2n) is 5.17. The van der Waals surface area contributed by atoms with Gasteiger partial charge >= 0.3 is 0 Å². The average molecular weight is 348 g/mol. The zero-order valence-electron chi connectivity index (χ0n) is 13.7. The van der Waals surface area contributed by atoms with Crippen molar-refractivity contribution in [2.45, 2.75) is 13.8 Å². The molecule has 0 bridgehead atoms. The molecule has 0 radical (unpaired) electrons. The van der Waals surface area contributed by atoms with Crippen LogP contribution in [-0.4, -0.2) is 25.4 Å². The van der Waals surface area contributed by atoms with Crippen molar-refractivity contribution >= 4 is 29.0 Å². The van der Waals surface area contributed by atoms with E-state index >= 15 is 0 Å². The summed E-state index contributed by atoms with van der Waals surface area (Å²) >= 11 is 6.02. The fraction of sp³-hybridized carbons (Fsp3) is 0.222. The van der Waals surface area contributed by atoms with Crippen molar-refractivity contribution < 1.29 is 19.1 Å². The largest absolute Gasteiger partial charge is 0.493 e. The number of ether oxygens (including phenoxy) is 2. The lowest BCUT2D eigenvalue weighted by Crippen LogP contribution is -2.20. The molecular weight excluding hydrogens is 330 g/mol. The summed E-state index contributed by atoms with van der Waals surface area (Å²) < 4.78 is 10.7. The van der Waals surface area contributed by atoms with Crippen molar-refractivity contribution in [3.8, 4) is 11.5 Å². The van der Waals surface area contributed by atoms with Crippen molar-refractivity contribution in [1.82, 2.24) is 0 Å². The van der Waals surface area contributed by atoms with Gasteiger partial charge in [0.25, 0.3) is 5.91 Å². The predicted octanol–water partition coefficient (Wildman–Crippen LogP) is 3.88. The third kappa shape index (κ3) is 4.26. The molecule has 24 heavy (non-hydrogen) atoms. The van der Waals surface area contributed by atoms with Gasteiger partial charge in [-0.15, -0.1) is 0 Å². The fourth-order valence-electron chi connectivity index (χ4n) is 2.08. The number of carbonyl (C=O) groups is 2. The number of Topliss-reactive ketones (excluding diaryl/α,β-unsaturated/α-hetero) is 1. The molecule has 2 aromatic carbocycles. The van der Waals surface area contributed by atoms with E-state index < -0.39 is 0 Å². The zero-order chi connectivity index (χ0) is 17.7. The molecule has 0 saturated carbocycles. The maximum absolute atomic E-state index is 12.0. The first-order chi connectivity index (χ1) is 11.4. The van der Waals surface area contributed by atoms with Gasteiger partial charge in [-0.1, -0.05) is 17.7 Å². The Morgan fingerprint density at radius 2 is 1.92 bits per heavy atom. The van der Waals surface area contributed by atoms with Crippen LogP contribution in [0.25, 0.3) is 0 Å². The summed E-state index contributed by atoms with van der Waals surface area (Å²) in [6.45, 7) is 3.10. The molecule has 0 heterocycles. The van der Waals surface area contributed by atoms with Gasteiger partial charge in [0.2, 0.25) is 0 Å². The van der Waals surface area contributed by atoms with Crippen molar-refractivity contribution in [3.05, 3.63) is 52.5 Å². The van der Waals surface area contributed by atoms with Crippen molar-refractivity contribution in [1.29, 1.82) is 0 Å². The van der Waals surface area contributed by atoms with E-state index in [0.29, 0.717) is 27.8 Å². The number of anilines is 1. The van der Waals surface area contributed by atoms with Gasteiger partial charge in [0.1, 0.15) is 0 Å². The minimum Gasteiger partial charge on any atom is -0.493 e. The lowest BCUT2D eigenvalue weighted by molar-refractivity contribution is -0.118. The molecule has 2 rings (SSSR count). The summed E-state index contributed by atoms with van der Waals surface area (Å²) in [4.78, 5) is 23.4. The first-order valence-corrected chi connectivity index (χ1v) is 7.67. The predicted molar refractivity (Wildman–Crippen MR) is 93.3 cm³/mol. The summed E-state index contributed by atoms with van der Waals surface area (Å²) in [5.74, 6) is 0.391. The summed E-state index contributed by atoms with van der Waals surface area (Å²) in [5.41, 5.74) is 1.93. The van der Waals surface area contributed by atoms with Crippen LogP contribution >= 0.6 is 11.6 Å². The van der Waals surface area contributed by atoms with E-state index in [9.17, 15) is 9.59 Å². The molecule has 0 aliphatic carbocycles. The van der Waals surface area contributed by atoms with Crippen molar-refractivity contribution in [3.63, 3.8) is 0 Å². The number of amides is 1. The Morgan fingerprint density at radius 1 is 1.17 bits per heavy atom. The first kappa shape index (κ1) is 17.8. The number of benzene rings is 2. The zero-order valence-corrected chi connectivity index (χ0v) is 14.4. The van der Waals surface area contributed by atoms with Crippen LogP contribution in [0.4, 0.5) is 5.69 Å². The molecule has 0 atom stereocenters. The molecule has 0 aromatic heterocycles. The molecule has 1 amide bonds. The van der Waals surface area contributed by atoms with E-state index in [1.807, 2.05) is 6.92 Å². The van der Waals surface area contributed by atoms with Crippen molar-refractivity contribution in [2.24, 2.45) is 0 Å². The lowest BCUT2D eigenvalue weighted by Gasteiger charge is -2.13.